The van der Waals surface area contributed by atoms with E-state index in [0.29, 0.717) is 50.1 Å². The molecule has 1 aliphatic heterocycles. The van der Waals surface area contributed by atoms with E-state index in [9.17, 15) is 22.8 Å². The number of aldehydes is 1. The number of hydrogen-bond acceptors (Lipinski definition) is 5. The minimum atomic E-state index is -4.37. The fourth-order valence-electron chi connectivity index (χ4n) is 5.24. The number of hydrogen-bond donors (Lipinski definition) is 0. The predicted octanol–water partition coefficient (Wildman–Crippen LogP) is 3.54. The second kappa shape index (κ2) is 8.24. The molecule has 0 spiro atoms. The van der Waals surface area contributed by atoms with Crippen molar-refractivity contribution in [1.82, 2.24) is 24.5 Å². The van der Waals surface area contributed by atoms with Crippen molar-refractivity contribution in [3.05, 3.63) is 59.2 Å². The fourth-order valence-corrected chi connectivity index (χ4v) is 5.24. The quantitative estimate of drug-likeness (QED) is 0.548. The van der Waals surface area contributed by atoms with E-state index in [-0.39, 0.29) is 29.5 Å². The first-order valence-corrected chi connectivity index (χ1v) is 10.9. The third kappa shape index (κ3) is 4.09. The summed E-state index contributed by atoms with van der Waals surface area (Å²) in [5.41, 5.74) is 0.618. The van der Waals surface area contributed by atoms with Crippen LogP contribution in [0.3, 0.4) is 0 Å². The van der Waals surface area contributed by atoms with E-state index in [1.165, 1.54) is 10.6 Å². The second-order valence-electron chi connectivity index (χ2n) is 8.83. The first kappa shape index (κ1) is 21.5. The summed E-state index contributed by atoms with van der Waals surface area (Å²) in [6.45, 7) is 0.976. The van der Waals surface area contributed by atoms with E-state index in [1.54, 1.807) is 29.4 Å². The van der Waals surface area contributed by atoms with Crippen molar-refractivity contribution in [2.75, 3.05) is 13.1 Å². The number of likely N-dealkylation sites (tertiary alicyclic amines) is 1. The minimum absolute atomic E-state index is 0.0500. The van der Waals surface area contributed by atoms with Crippen LogP contribution in [0.5, 0.6) is 0 Å². The Kier molecular flexibility index (Phi) is 5.38. The Labute approximate surface area is 187 Å². The minimum Gasteiger partial charge on any atom is -0.335 e. The Hall–Kier alpha value is -3.30. The number of halogens is 3. The summed E-state index contributed by atoms with van der Waals surface area (Å²) in [5, 5.41) is 4.26. The molecule has 3 aromatic rings. The monoisotopic (exact) mass is 457 g/mol. The van der Waals surface area contributed by atoms with Gasteiger partial charge in [0.15, 0.2) is 0 Å². The third-order valence-electron chi connectivity index (χ3n) is 6.73. The molecule has 10 heteroatoms. The number of aromatic nitrogens is 4. The topological polar surface area (TPSA) is 80.5 Å². The van der Waals surface area contributed by atoms with Crippen LogP contribution in [0.2, 0.25) is 0 Å². The van der Waals surface area contributed by atoms with Gasteiger partial charge in [-0.3, -0.25) is 4.79 Å². The van der Waals surface area contributed by atoms with E-state index in [1.807, 2.05) is 0 Å². The molecule has 3 atom stereocenters. The molecule has 1 saturated carbocycles. The Morgan fingerprint density at radius 1 is 1.15 bits per heavy atom. The Morgan fingerprint density at radius 2 is 1.88 bits per heavy atom. The number of carbonyl (C=O) groups is 2. The predicted molar refractivity (Wildman–Crippen MR) is 111 cm³/mol. The highest BCUT2D eigenvalue weighted by molar-refractivity contribution is 5.91. The molecule has 1 aromatic carbocycles. The van der Waals surface area contributed by atoms with Gasteiger partial charge in [0.05, 0.1) is 5.56 Å². The molecule has 0 radical (unpaired) electrons. The molecule has 33 heavy (non-hydrogen) atoms. The van der Waals surface area contributed by atoms with Crippen LogP contribution in [-0.2, 0) is 17.4 Å². The molecule has 0 bridgehead atoms. The van der Waals surface area contributed by atoms with Crippen LogP contribution in [0.15, 0.2) is 36.7 Å². The summed E-state index contributed by atoms with van der Waals surface area (Å²) in [5.74, 6) is 0.218. The number of nitrogens with zero attached hydrogens (tertiary/aromatic N) is 5. The van der Waals surface area contributed by atoms with E-state index in [0.717, 1.165) is 17.9 Å². The number of alkyl halides is 3. The van der Waals surface area contributed by atoms with E-state index >= 15 is 0 Å². The standard InChI is InChI=1S/C23H22F3N5O2/c24-23(25,26)19-6-2-1-5-18(19)15-8-16-12-30(13-17(16)9-15)21(33)20-28-22-27-10-14(4-3-7-32)11-31(22)29-20/h1-2,5-7,10-11,15-17H,3-4,8-9,12-13H2/t15?,16-,17+. The van der Waals surface area contributed by atoms with Gasteiger partial charge in [0.2, 0.25) is 5.82 Å². The lowest BCUT2D eigenvalue weighted by Gasteiger charge is -2.21. The Bertz CT molecular complexity index is 1190. The zero-order valence-electron chi connectivity index (χ0n) is 17.7. The van der Waals surface area contributed by atoms with Gasteiger partial charge >= 0.3 is 6.18 Å². The van der Waals surface area contributed by atoms with Crippen LogP contribution < -0.4 is 0 Å². The van der Waals surface area contributed by atoms with E-state index in [2.05, 4.69) is 15.1 Å². The van der Waals surface area contributed by atoms with Crippen LogP contribution in [0, 0.1) is 11.8 Å². The van der Waals surface area contributed by atoms with Gasteiger partial charge in [-0.25, -0.2) is 9.50 Å². The van der Waals surface area contributed by atoms with Gasteiger partial charge < -0.3 is 9.69 Å². The maximum absolute atomic E-state index is 13.4. The molecule has 5 rings (SSSR count). The first-order valence-electron chi connectivity index (χ1n) is 10.9. The highest BCUT2D eigenvalue weighted by Crippen LogP contribution is 2.48. The van der Waals surface area contributed by atoms with Crippen molar-refractivity contribution in [2.24, 2.45) is 11.8 Å². The van der Waals surface area contributed by atoms with Crippen molar-refractivity contribution >= 4 is 18.0 Å². The first-order chi connectivity index (χ1) is 15.8. The van der Waals surface area contributed by atoms with Crippen LogP contribution in [-0.4, -0.2) is 49.8 Å². The van der Waals surface area contributed by atoms with Gasteiger partial charge in [-0.1, -0.05) is 18.2 Å². The van der Waals surface area contributed by atoms with Gasteiger partial charge in [0.25, 0.3) is 11.7 Å². The maximum Gasteiger partial charge on any atom is 0.416 e. The summed E-state index contributed by atoms with van der Waals surface area (Å²) >= 11 is 0. The molecule has 0 N–H and O–H groups in total. The Morgan fingerprint density at radius 3 is 2.58 bits per heavy atom. The Balaban J connectivity index is 1.28. The number of carbonyl (C=O) groups excluding carboxylic acids is 2. The lowest BCUT2D eigenvalue weighted by molar-refractivity contribution is -0.138. The molecule has 172 valence electrons. The average molecular weight is 457 g/mol. The molecule has 2 aromatic heterocycles. The highest BCUT2D eigenvalue weighted by atomic mass is 19.4. The number of amides is 1. The lowest BCUT2D eigenvalue weighted by atomic mass is 9.91. The van der Waals surface area contributed by atoms with Gasteiger partial charge in [-0.2, -0.15) is 18.2 Å². The van der Waals surface area contributed by atoms with Crippen LogP contribution >= 0.6 is 0 Å². The lowest BCUT2D eigenvalue weighted by Crippen LogP contribution is -2.30. The summed E-state index contributed by atoms with van der Waals surface area (Å²) < 4.78 is 41.7. The third-order valence-corrected chi connectivity index (χ3v) is 6.73. The number of fused-ring (bicyclic) bond motifs is 2. The SMILES string of the molecule is O=CCCc1cnc2nc(C(=O)N3C[C@H]4CC(c5ccccc5C(F)(F)F)C[C@H]4C3)nn2c1. The largest absolute Gasteiger partial charge is 0.416 e. The van der Waals surface area contributed by atoms with Crippen molar-refractivity contribution in [3.8, 4) is 0 Å². The smallest absolute Gasteiger partial charge is 0.335 e. The van der Waals surface area contributed by atoms with E-state index in [4.69, 9.17) is 0 Å². The van der Waals surface area contributed by atoms with Gasteiger partial charge in [-0.15, -0.1) is 5.10 Å². The molecular formula is C23H22F3N5O2. The molecule has 3 heterocycles. The molecule has 2 aliphatic rings. The second-order valence-corrected chi connectivity index (χ2v) is 8.83. The highest BCUT2D eigenvalue weighted by Gasteiger charge is 2.45. The van der Waals surface area contributed by atoms with Crippen molar-refractivity contribution in [1.29, 1.82) is 0 Å². The van der Waals surface area contributed by atoms with Crippen LogP contribution in [0.25, 0.3) is 5.78 Å². The fraction of sp³-hybridized carbons (Fsp3) is 0.435. The van der Waals surface area contributed by atoms with Crippen LogP contribution in [0.4, 0.5) is 13.2 Å². The van der Waals surface area contributed by atoms with Crippen molar-refractivity contribution < 1.29 is 22.8 Å². The molecule has 2 fully saturated rings. The van der Waals surface area contributed by atoms with Gasteiger partial charge in [0.1, 0.15) is 6.29 Å². The summed E-state index contributed by atoms with van der Waals surface area (Å²) in [4.78, 5) is 33.7. The number of benzene rings is 1. The molecular weight excluding hydrogens is 435 g/mol. The summed E-state index contributed by atoms with van der Waals surface area (Å²) in [6, 6.07) is 5.80. The van der Waals surface area contributed by atoms with Gasteiger partial charge in [0, 0.05) is 31.9 Å². The zero-order valence-corrected chi connectivity index (χ0v) is 17.7. The summed E-state index contributed by atoms with van der Waals surface area (Å²) in [7, 11) is 0. The van der Waals surface area contributed by atoms with E-state index < -0.39 is 11.7 Å². The molecule has 1 aliphatic carbocycles. The molecule has 1 saturated heterocycles. The molecule has 1 amide bonds. The number of rotatable bonds is 5. The molecule has 1 unspecified atom stereocenters. The summed E-state index contributed by atoms with van der Waals surface area (Å²) in [6.07, 6.45) is 1.94. The van der Waals surface area contributed by atoms with Gasteiger partial charge in [-0.05, 0) is 54.2 Å². The van der Waals surface area contributed by atoms with Crippen LogP contribution in [0.1, 0.15) is 52.5 Å². The average Bonchev–Trinajstić information content (AvgIpc) is 3.49. The van der Waals surface area contributed by atoms with Crippen molar-refractivity contribution in [3.63, 3.8) is 0 Å². The maximum atomic E-state index is 13.4. The zero-order chi connectivity index (χ0) is 23.2. The number of aryl methyl sites for hydroxylation is 1. The van der Waals surface area contributed by atoms with Crippen molar-refractivity contribution in [2.45, 2.75) is 37.8 Å². The normalized spacial score (nSPS) is 22.6. The molecule has 7 nitrogen and oxygen atoms in total.